The van der Waals surface area contributed by atoms with Gasteiger partial charge in [-0.15, -0.1) is 0 Å². The lowest BCUT2D eigenvalue weighted by atomic mass is 9.84. The smallest absolute Gasteiger partial charge is 0.235 e. The number of amides is 2. The molecule has 1 spiro atoms. The molecule has 0 radical (unpaired) electrons. The first kappa shape index (κ1) is 16.5. The minimum atomic E-state index is -0.886. The number of carbonyl (C=O) groups excluding carboxylic acids is 2. The van der Waals surface area contributed by atoms with Crippen molar-refractivity contribution in [1.29, 1.82) is 0 Å². The summed E-state index contributed by atoms with van der Waals surface area (Å²) in [5.74, 6) is 0.362. The standard InChI is InChI=1S/C17H20BrNO4/c18-12-3-5-14(6-4-12)23-11-13(20)10-19-15(21)9-17(16(19)22)7-1-2-8-17/h3-6,13,20H,1-2,7-11H2/t13-/m1/s1. The highest BCUT2D eigenvalue weighted by molar-refractivity contribution is 9.10. The summed E-state index contributed by atoms with van der Waals surface area (Å²) >= 11 is 3.34. The van der Waals surface area contributed by atoms with E-state index in [0.717, 1.165) is 30.2 Å². The number of hydrogen-bond donors (Lipinski definition) is 1. The minimum absolute atomic E-state index is 0.00987. The maximum absolute atomic E-state index is 12.5. The maximum atomic E-state index is 12.5. The number of halogens is 1. The summed E-state index contributed by atoms with van der Waals surface area (Å²) in [4.78, 5) is 25.9. The molecule has 23 heavy (non-hydrogen) atoms. The van der Waals surface area contributed by atoms with Gasteiger partial charge in [-0.05, 0) is 37.1 Å². The lowest BCUT2D eigenvalue weighted by Crippen LogP contribution is -2.41. The van der Waals surface area contributed by atoms with E-state index in [2.05, 4.69) is 15.9 Å². The summed E-state index contributed by atoms with van der Waals surface area (Å²) < 4.78 is 6.45. The molecule has 5 nitrogen and oxygen atoms in total. The quantitative estimate of drug-likeness (QED) is 0.795. The zero-order chi connectivity index (χ0) is 16.4. The van der Waals surface area contributed by atoms with Gasteiger partial charge in [0.1, 0.15) is 18.5 Å². The van der Waals surface area contributed by atoms with Crippen molar-refractivity contribution in [1.82, 2.24) is 4.90 Å². The molecule has 6 heteroatoms. The Bertz CT molecular complexity index is 595. The number of nitrogens with zero attached hydrogens (tertiary/aromatic N) is 1. The molecule has 1 saturated heterocycles. The van der Waals surface area contributed by atoms with E-state index in [1.165, 1.54) is 4.90 Å². The predicted molar refractivity (Wildman–Crippen MR) is 87.9 cm³/mol. The van der Waals surface area contributed by atoms with Crippen LogP contribution in [0.3, 0.4) is 0 Å². The van der Waals surface area contributed by atoms with Crippen molar-refractivity contribution in [2.45, 2.75) is 38.2 Å². The zero-order valence-electron chi connectivity index (χ0n) is 12.8. The SMILES string of the molecule is O=C1CC2(CCCC2)C(=O)N1C[C@@H](O)COc1ccc(Br)cc1. The molecule has 1 saturated carbocycles. The van der Waals surface area contributed by atoms with E-state index in [0.29, 0.717) is 12.2 Å². The first-order valence-corrected chi connectivity index (χ1v) is 8.71. The number of imide groups is 1. The monoisotopic (exact) mass is 381 g/mol. The molecule has 1 heterocycles. The van der Waals surface area contributed by atoms with Gasteiger partial charge in [-0.2, -0.15) is 0 Å². The van der Waals surface area contributed by atoms with Crippen LogP contribution in [0.4, 0.5) is 0 Å². The summed E-state index contributed by atoms with van der Waals surface area (Å²) in [5, 5.41) is 10.1. The second-order valence-electron chi connectivity index (χ2n) is 6.39. The molecule has 0 bridgehead atoms. The third-order valence-electron chi connectivity index (χ3n) is 4.70. The Kier molecular flexibility index (Phi) is 4.73. The van der Waals surface area contributed by atoms with E-state index < -0.39 is 11.5 Å². The van der Waals surface area contributed by atoms with E-state index in [4.69, 9.17) is 4.74 Å². The van der Waals surface area contributed by atoms with Crippen molar-refractivity contribution in [3.05, 3.63) is 28.7 Å². The van der Waals surface area contributed by atoms with Gasteiger partial charge in [0, 0.05) is 10.9 Å². The van der Waals surface area contributed by atoms with Gasteiger partial charge in [0.05, 0.1) is 12.0 Å². The van der Waals surface area contributed by atoms with Crippen LogP contribution >= 0.6 is 15.9 Å². The number of hydrogen-bond acceptors (Lipinski definition) is 4. The predicted octanol–water partition coefficient (Wildman–Crippen LogP) is 2.51. The maximum Gasteiger partial charge on any atom is 0.235 e. The van der Waals surface area contributed by atoms with Gasteiger partial charge in [-0.3, -0.25) is 14.5 Å². The summed E-state index contributed by atoms with van der Waals surface area (Å²) in [5.41, 5.74) is -0.483. The van der Waals surface area contributed by atoms with Crippen molar-refractivity contribution in [2.75, 3.05) is 13.2 Å². The third-order valence-corrected chi connectivity index (χ3v) is 5.23. The molecule has 2 amide bonds. The number of carbonyl (C=O) groups is 2. The summed E-state index contributed by atoms with van der Waals surface area (Å²) in [6, 6.07) is 7.27. The molecule has 1 aliphatic carbocycles. The molecule has 124 valence electrons. The normalized spacial score (nSPS) is 21.2. The van der Waals surface area contributed by atoms with Crippen LogP contribution in [-0.2, 0) is 9.59 Å². The number of benzene rings is 1. The fraction of sp³-hybridized carbons (Fsp3) is 0.529. The Morgan fingerprint density at radius 3 is 2.52 bits per heavy atom. The van der Waals surface area contributed by atoms with E-state index in [1.54, 1.807) is 12.1 Å². The average Bonchev–Trinajstić information content (AvgIpc) is 3.08. The van der Waals surface area contributed by atoms with Gasteiger partial charge in [-0.1, -0.05) is 28.8 Å². The van der Waals surface area contributed by atoms with Crippen LogP contribution in [0.1, 0.15) is 32.1 Å². The third kappa shape index (κ3) is 3.43. The van der Waals surface area contributed by atoms with Crippen molar-refractivity contribution in [3.8, 4) is 5.75 Å². The largest absolute Gasteiger partial charge is 0.491 e. The van der Waals surface area contributed by atoms with Crippen molar-refractivity contribution < 1.29 is 19.4 Å². The summed E-state index contributed by atoms with van der Waals surface area (Å²) in [6.45, 7) is 0.0572. The lowest BCUT2D eigenvalue weighted by Gasteiger charge is -2.22. The van der Waals surface area contributed by atoms with E-state index in [1.807, 2.05) is 12.1 Å². The average molecular weight is 382 g/mol. The molecule has 2 fully saturated rings. The van der Waals surface area contributed by atoms with Crippen LogP contribution < -0.4 is 4.74 Å². The lowest BCUT2D eigenvalue weighted by molar-refractivity contribution is -0.143. The van der Waals surface area contributed by atoms with Crippen LogP contribution in [0, 0.1) is 5.41 Å². The van der Waals surface area contributed by atoms with Gasteiger partial charge in [0.15, 0.2) is 0 Å². The Balaban J connectivity index is 1.55. The molecule has 1 aromatic carbocycles. The molecular weight excluding hydrogens is 362 g/mol. The van der Waals surface area contributed by atoms with Crippen LogP contribution in [0.15, 0.2) is 28.7 Å². The number of aliphatic hydroxyl groups excluding tert-OH is 1. The second-order valence-corrected chi connectivity index (χ2v) is 7.31. The first-order valence-electron chi connectivity index (χ1n) is 7.91. The van der Waals surface area contributed by atoms with Gasteiger partial charge >= 0.3 is 0 Å². The van der Waals surface area contributed by atoms with Crippen LogP contribution in [0.2, 0.25) is 0 Å². The van der Waals surface area contributed by atoms with Crippen molar-refractivity contribution in [3.63, 3.8) is 0 Å². The topological polar surface area (TPSA) is 66.8 Å². The number of aliphatic hydroxyl groups is 1. The number of rotatable bonds is 5. The molecule has 2 aliphatic rings. The Hall–Kier alpha value is -1.40. The second kappa shape index (κ2) is 6.61. The summed E-state index contributed by atoms with van der Waals surface area (Å²) in [7, 11) is 0. The van der Waals surface area contributed by atoms with Crippen molar-refractivity contribution >= 4 is 27.7 Å². The summed E-state index contributed by atoms with van der Waals surface area (Å²) in [6.07, 6.45) is 3.00. The number of β-amino-alcohol motifs (C(OH)–C–C–N with tert-alkyl or cyclic N) is 1. The van der Waals surface area contributed by atoms with E-state index >= 15 is 0 Å². The van der Waals surface area contributed by atoms with Gasteiger partial charge < -0.3 is 9.84 Å². The van der Waals surface area contributed by atoms with Crippen LogP contribution in [0.25, 0.3) is 0 Å². The van der Waals surface area contributed by atoms with Crippen LogP contribution in [0.5, 0.6) is 5.75 Å². The van der Waals surface area contributed by atoms with Crippen molar-refractivity contribution in [2.24, 2.45) is 5.41 Å². The fourth-order valence-corrected chi connectivity index (χ4v) is 3.74. The highest BCUT2D eigenvalue weighted by atomic mass is 79.9. The number of likely N-dealkylation sites (tertiary alicyclic amines) is 1. The zero-order valence-corrected chi connectivity index (χ0v) is 14.4. The van der Waals surface area contributed by atoms with E-state index in [9.17, 15) is 14.7 Å². The molecule has 0 aromatic heterocycles. The minimum Gasteiger partial charge on any atom is -0.491 e. The molecule has 3 rings (SSSR count). The molecule has 1 aromatic rings. The molecule has 1 N–H and O–H groups in total. The van der Waals surface area contributed by atoms with E-state index in [-0.39, 0.29) is 25.0 Å². The fourth-order valence-electron chi connectivity index (χ4n) is 3.47. The Labute approximate surface area is 143 Å². The number of ether oxygens (including phenoxy) is 1. The molecule has 1 atom stereocenters. The molecule has 0 unspecified atom stereocenters. The van der Waals surface area contributed by atoms with Gasteiger partial charge in [0.25, 0.3) is 0 Å². The van der Waals surface area contributed by atoms with Crippen LogP contribution in [-0.4, -0.2) is 41.1 Å². The van der Waals surface area contributed by atoms with Gasteiger partial charge in [0.2, 0.25) is 11.8 Å². The highest BCUT2D eigenvalue weighted by Gasteiger charge is 2.52. The first-order chi connectivity index (χ1) is 11.0. The van der Waals surface area contributed by atoms with Gasteiger partial charge in [-0.25, -0.2) is 0 Å². The Morgan fingerprint density at radius 2 is 1.87 bits per heavy atom. The molecule has 1 aliphatic heterocycles. The Morgan fingerprint density at radius 1 is 1.22 bits per heavy atom. The molecular formula is C17H20BrNO4. The highest BCUT2D eigenvalue weighted by Crippen LogP contribution is 2.46.